The zero-order valence-electron chi connectivity index (χ0n) is 11.4. The standard InChI is InChI=1S/C14H14N2O6/c15-10(13(17)18)6-9-11(14(19)20)22-16-12(9)21-7-8-4-2-1-3-5-8/h1-5,10H,6-7,15H2,(H,17,18)(H,19,20)/t10-/m0/s1. The van der Waals surface area contributed by atoms with Crippen LogP contribution >= 0.6 is 0 Å². The van der Waals surface area contributed by atoms with Crippen molar-refractivity contribution < 1.29 is 29.1 Å². The second-order valence-corrected chi connectivity index (χ2v) is 4.52. The molecular formula is C14H14N2O6. The zero-order chi connectivity index (χ0) is 16.1. The van der Waals surface area contributed by atoms with Gasteiger partial charge >= 0.3 is 11.9 Å². The van der Waals surface area contributed by atoms with Crippen LogP contribution in [0.2, 0.25) is 0 Å². The molecule has 1 heterocycles. The molecule has 116 valence electrons. The van der Waals surface area contributed by atoms with Gasteiger partial charge in [-0.2, -0.15) is 0 Å². The molecule has 1 aromatic heterocycles. The van der Waals surface area contributed by atoms with Crippen molar-refractivity contribution in [3.8, 4) is 5.88 Å². The molecule has 0 amide bonds. The molecule has 0 bridgehead atoms. The van der Waals surface area contributed by atoms with E-state index in [0.717, 1.165) is 5.56 Å². The van der Waals surface area contributed by atoms with Crippen molar-refractivity contribution in [2.24, 2.45) is 5.73 Å². The predicted octanol–water partition coefficient (Wildman–Crippen LogP) is 0.906. The van der Waals surface area contributed by atoms with E-state index >= 15 is 0 Å². The number of aromatic nitrogens is 1. The highest BCUT2D eigenvalue weighted by Crippen LogP contribution is 2.24. The molecule has 2 rings (SSSR count). The molecule has 0 aliphatic carbocycles. The average molecular weight is 306 g/mol. The average Bonchev–Trinajstić information content (AvgIpc) is 2.89. The number of ether oxygens (including phenoxy) is 1. The van der Waals surface area contributed by atoms with E-state index in [4.69, 9.17) is 25.2 Å². The van der Waals surface area contributed by atoms with Gasteiger partial charge in [0.05, 0.1) is 5.56 Å². The summed E-state index contributed by atoms with van der Waals surface area (Å²) in [5.74, 6) is -3.17. The molecule has 0 saturated carbocycles. The number of carboxylic acids is 2. The summed E-state index contributed by atoms with van der Waals surface area (Å²) in [6, 6.07) is 7.86. The third-order valence-corrected chi connectivity index (χ3v) is 2.91. The Morgan fingerprint density at radius 2 is 1.95 bits per heavy atom. The molecule has 8 heteroatoms. The fourth-order valence-electron chi connectivity index (χ4n) is 1.79. The minimum Gasteiger partial charge on any atom is -0.480 e. The van der Waals surface area contributed by atoms with Crippen LogP contribution in [0.15, 0.2) is 34.9 Å². The Bertz CT molecular complexity index is 667. The lowest BCUT2D eigenvalue weighted by Gasteiger charge is -2.08. The van der Waals surface area contributed by atoms with E-state index in [9.17, 15) is 9.59 Å². The molecule has 2 aromatic rings. The lowest BCUT2D eigenvalue weighted by molar-refractivity contribution is -0.138. The smallest absolute Gasteiger partial charge is 0.375 e. The number of aromatic carboxylic acids is 1. The van der Waals surface area contributed by atoms with Crippen LogP contribution in [-0.4, -0.2) is 33.4 Å². The second-order valence-electron chi connectivity index (χ2n) is 4.52. The van der Waals surface area contributed by atoms with Crippen molar-refractivity contribution in [2.75, 3.05) is 0 Å². The highest BCUT2D eigenvalue weighted by Gasteiger charge is 2.26. The van der Waals surface area contributed by atoms with E-state index < -0.39 is 23.7 Å². The van der Waals surface area contributed by atoms with Crippen molar-refractivity contribution in [1.29, 1.82) is 0 Å². The second kappa shape index (κ2) is 6.72. The van der Waals surface area contributed by atoms with Crippen molar-refractivity contribution in [2.45, 2.75) is 19.1 Å². The number of nitrogens with zero attached hydrogens (tertiary/aromatic N) is 1. The van der Waals surface area contributed by atoms with Crippen LogP contribution in [0, 0.1) is 0 Å². The molecule has 0 saturated heterocycles. The van der Waals surface area contributed by atoms with E-state index in [1.807, 2.05) is 30.3 Å². The van der Waals surface area contributed by atoms with Crippen LogP contribution < -0.4 is 10.5 Å². The summed E-state index contributed by atoms with van der Waals surface area (Å²) in [7, 11) is 0. The molecule has 0 aliphatic heterocycles. The highest BCUT2D eigenvalue weighted by molar-refractivity contribution is 5.87. The third kappa shape index (κ3) is 3.61. The molecule has 22 heavy (non-hydrogen) atoms. The summed E-state index contributed by atoms with van der Waals surface area (Å²) in [6.45, 7) is 0.141. The van der Waals surface area contributed by atoms with Gasteiger partial charge in [-0.25, -0.2) is 4.79 Å². The summed E-state index contributed by atoms with van der Waals surface area (Å²) in [4.78, 5) is 21.9. The quantitative estimate of drug-likeness (QED) is 0.686. The number of nitrogens with two attached hydrogens (primary N) is 1. The van der Waals surface area contributed by atoms with Crippen LogP contribution in [0.1, 0.15) is 21.7 Å². The van der Waals surface area contributed by atoms with Gasteiger partial charge in [-0.1, -0.05) is 30.3 Å². The summed E-state index contributed by atoms with van der Waals surface area (Å²) in [6.07, 6.45) is -0.259. The van der Waals surface area contributed by atoms with Crippen LogP contribution in [0.25, 0.3) is 0 Å². The molecule has 0 spiro atoms. The van der Waals surface area contributed by atoms with Gasteiger partial charge in [0.15, 0.2) is 0 Å². The topological polar surface area (TPSA) is 136 Å². The van der Waals surface area contributed by atoms with Gasteiger partial charge in [0, 0.05) is 6.42 Å². The predicted molar refractivity (Wildman–Crippen MR) is 73.6 cm³/mol. The Morgan fingerprint density at radius 1 is 1.27 bits per heavy atom. The normalized spacial score (nSPS) is 11.9. The minimum atomic E-state index is -1.37. The molecular weight excluding hydrogens is 292 g/mol. The Labute approximate surface area is 125 Å². The molecule has 0 unspecified atom stereocenters. The molecule has 0 fully saturated rings. The summed E-state index contributed by atoms with van der Waals surface area (Å²) >= 11 is 0. The number of hydrogen-bond donors (Lipinski definition) is 3. The number of carbonyl (C=O) groups is 2. The van der Waals surface area contributed by atoms with Crippen molar-refractivity contribution in [3.05, 3.63) is 47.2 Å². The summed E-state index contributed by atoms with van der Waals surface area (Å²) in [5, 5.41) is 21.4. The molecule has 8 nitrogen and oxygen atoms in total. The van der Waals surface area contributed by atoms with Gasteiger partial charge in [-0.3, -0.25) is 4.79 Å². The van der Waals surface area contributed by atoms with E-state index in [1.54, 1.807) is 0 Å². The van der Waals surface area contributed by atoms with Gasteiger partial charge in [0.25, 0.3) is 11.6 Å². The first-order valence-corrected chi connectivity index (χ1v) is 6.36. The minimum absolute atomic E-state index is 0.0262. The Hall–Kier alpha value is -2.87. The fourth-order valence-corrected chi connectivity index (χ4v) is 1.79. The zero-order valence-corrected chi connectivity index (χ0v) is 11.4. The van der Waals surface area contributed by atoms with Gasteiger partial charge in [-0.05, 0) is 10.7 Å². The van der Waals surface area contributed by atoms with Gasteiger partial charge in [0.1, 0.15) is 12.6 Å². The van der Waals surface area contributed by atoms with Crippen LogP contribution in [0.4, 0.5) is 0 Å². The summed E-state index contributed by atoms with van der Waals surface area (Å²) in [5.41, 5.74) is 6.31. The maximum Gasteiger partial charge on any atom is 0.375 e. The molecule has 1 atom stereocenters. The Balaban J connectivity index is 2.19. The third-order valence-electron chi connectivity index (χ3n) is 2.91. The Kier molecular flexibility index (Phi) is 4.74. The number of hydrogen-bond acceptors (Lipinski definition) is 6. The van der Waals surface area contributed by atoms with Crippen LogP contribution in [0.5, 0.6) is 5.88 Å². The largest absolute Gasteiger partial charge is 0.480 e. The number of aliphatic carboxylic acids is 1. The first kappa shape index (κ1) is 15.5. The van der Waals surface area contributed by atoms with E-state index in [1.165, 1.54) is 0 Å². The van der Waals surface area contributed by atoms with Crippen molar-refractivity contribution in [3.63, 3.8) is 0 Å². The fraction of sp³-hybridized carbons (Fsp3) is 0.214. The molecule has 0 aliphatic rings. The number of carboxylic acid groups (broad SMARTS) is 2. The van der Waals surface area contributed by atoms with Crippen LogP contribution in [0.3, 0.4) is 0 Å². The lowest BCUT2D eigenvalue weighted by Crippen LogP contribution is -2.32. The number of rotatable bonds is 7. The highest BCUT2D eigenvalue weighted by atomic mass is 16.5. The maximum absolute atomic E-state index is 11.1. The Morgan fingerprint density at radius 3 is 2.55 bits per heavy atom. The van der Waals surface area contributed by atoms with Crippen LogP contribution in [-0.2, 0) is 17.8 Å². The van der Waals surface area contributed by atoms with Crippen molar-refractivity contribution >= 4 is 11.9 Å². The van der Waals surface area contributed by atoms with Crippen molar-refractivity contribution in [1.82, 2.24) is 5.16 Å². The molecule has 0 radical (unpaired) electrons. The van der Waals surface area contributed by atoms with E-state index in [0.29, 0.717) is 0 Å². The molecule has 1 aromatic carbocycles. The molecule has 4 N–H and O–H groups in total. The van der Waals surface area contributed by atoms with E-state index in [-0.39, 0.29) is 24.5 Å². The summed E-state index contributed by atoms with van der Waals surface area (Å²) < 4.78 is 10.1. The lowest BCUT2D eigenvalue weighted by atomic mass is 10.1. The van der Waals surface area contributed by atoms with Gasteiger partial charge in [0.2, 0.25) is 0 Å². The number of benzene rings is 1. The van der Waals surface area contributed by atoms with Gasteiger partial charge < -0.3 is 25.2 Å². The first-order valence-electron chi connectivity index (χ1n) is 6.36. The van der Waals surface area contributed by atoms with Gasteiger partial charge in [-0.15, -0.1) is 0 Å². The monoisotopic (exact) mass is 306 g/mol. The van der Waals surface area contributed by atoms with E-state index in [2.05, 4.69) is 5.16 Å². The first-order chi connectivity index (χ1) is 10.5. The SMILES string of the molecule is N[C@@H](Cc1c(OCc2ccccc2)noc1C(=O)O)C(=O)O. The maximum atomic E-state index is 11.1.